The third-order valence-corrected chi connectivity index (χ3v) is 8.57. The number of hydrogen-bond acceptors (Lipinski definition) is 7. The summed E-state index contributed by atoms with van der Waals surface area (Å²) >= 11 is 3.44. The summed E-state index contributed by atoms with van der Waals surface area (Å²) in [4.78, 5) is 28.2. The summed E-state index contributed by atoms with van der Waals surface area (Å²) in [6, 6.07) is 16.7. The number of nitrogens with zero attached hydrogens (tertiary/aromatic N) is 1. The molecule has 0 radical (unpaired) electrons. The van der Waals surface area contributed by atoms with Crippen molar-refractivity contribution in [2.45, 2.75) is 44.7 Å². The minimum Gasteiger partial charge on any atom is -0.457 e. The van der Waals surface area contributed by atoms with Crippen LogP contribution in [0.5, 0.6) is 11.5 Å². The minimum atomic E-state index is -0.578. The van der Waals surface area contributed by atoms with Gasteiger partial charge >= 0.3 is 0 Å². The van der Waals surface area contributed by atoms with Gasteiger partial charge in [0.25, 0.3) is 0 Å². The lowest BCUT2D eigenvalue weighted by molar-refractivity contribution is -0.129. The lowest BCUT2D eigenvalue weighted by Gasteiger charge is -2.24. The highest BCUT2D eigenvalue weighted by Gasteiger charge is 2.23. The Morgan fingerprint density at radius 2 is 1.74 bits per heavy atom. The molecule has 0 heterocycles. The molecule has 39 heavy (non-hydrogen) atoms. The number of carbonyl (C=O) groups excluding carboxylic acids is 2. The van der Waals surface area contributed by atoms with E-state index in [9.17, 15) is 9.59 Å². The van der Waals surface area contributed by atoms with Crippen LogP contribution in [0.3, 0.4) is 0 Å². The van der Waals surface area contributed by atoms with Gasteiger partial charge in [-0.25, -0.2) is 0 Å². The fourth-order valence-electron chi connectivity index (χ4n) is 4.54. The van der Waals surface area contributed by atoms with Gasteiger partial charge in [-0.05, 0) is 60.6 Å². The lowest BCUT2D eigenvalue weighted by Crippen LogP contribution is -2.51. The summed E-state index contributed by atoms with van der Waals surface area (Å²) in [5, 5.41) is 6.04. The lowest BCUT2D eigenvalue weighted by atomic mass is 9.91. The van der Waals surface area contributed by atoms with Gasteiger partial charge in [0.15, 0.2) is 0 Å². The van der Waals surface area contributed by atoms with Gasteiger partial charge in [0.1, 0.15) is 17.5 Å². The standard InChI is InChI=1S/C30H43N3O4S2/c1-36-18-17-33(23-38-2)20-29(34)32-28(22-39-21-25-9-5-3-6-10-25)30(35)31-19-24-13-15-27(16-14-24)37-26-11-7-4-8-12-26/h4,7-8,11-16,25,28H,3,5-6,9-10,17-23H2,1-2H3,(H,31,35)(H,32,34)/t28-/m0/s1. The van der Waals surface area contributed by atoms with E-state index in [1.165, 1.54) is 32.1 Å². The zero-order valence-corrected chi connectivity index (χ0v) is 24.9. The molecule has 0 aliphatic heterocycles. The van der Waals surface area contributed by atoms with E-state index in [4.69, 9.17) is 9.47 Å². The number of thioether (sulfide) groups is 2. The van der Waals surface area contributed by atoms with Crippen LogP contribution in [0.2, 0.25) is 0 Å². The van der Waals surface area contributed by atoms with Crippen molar-refractivity contribution < 1.29 is 19.1 Å². The molecule has 1 aliphatic rings. The monoisotopic (exact) mass is 573 g/mol. The van der Waals surface area contributed by atoms with Crippen molar-refractivity contribution >= 4 is 35.3 Å². The molecule has 2 aromatic rings. The molecular weight excluding hydrogens is 530 g/mol. The van der Waals surface area contributed by atoms with Crippen molar-refractivity contribution in [1.29, 1.82) is 0 Å². The van der Waals surface area contributed by atoms with Gasteiger partial charge in [0.05, 0.1) is 13.2 Å². The molecule has 2 N–H and O–H groups in total. The van der Waals surface area contributed by atoms with E-state index in [2.05, 4.69) is 10.6 Å². The van der Waals surface area contributed by atoms with Gasteiger partial charge in [-0.15, -0.1) is 11.8 Å². The first kappa shape index (κ1) is 31.3. The third-order valence-electron chi connectivity index (χ3n) is 6.67. The maximum atomic E-state index is 13.2. The zero-order valence-electron chi connectivity index (χ0n) is 23.2. The number of nitrogens with one attached hydrogen (secondary N) is 2. The Bertz CT molecular complexity index is 972. The molecule has 1 saturated carbocycles. The van der Waals surface area contributed by atoms with Crippen LogP contribution >= 0.6 is 23.5 Å². The van der Waals surface area contributed by atoms with E-state index in [1.807, 2.05) is 65.8 Å². The molecule has 214 valence electrons. The number of ether oxygens (including phenoxy) is 2. The van der Waals surface area contributed by atoms with Crippen LogP contribution in [0, 0.1) is 5.92 Å². The van der Waals surface area contributed by atoms with Gasteiger partial charge in [-0.2, -0.15) is 11.8 Å². The van der Waals surface area contributed by atoms with E-state index in [1.54, 1.807) is 30.6 Å². The van der Waals surface area contributed by atoms with Crippen molar-refractivity contribution in [1.82, 2.24) is 15.5 Å². The number of rotatable bonds is 17. The number of benzene rings is 2. The smallest absolute Gasteiger partial charge is 0.243 e. The molecule has 2 amide bonds. The number of hydrogen-bond donors (Lipinski definition) is 2. The van der Waals surface area contributed by atoms with E-state index >= 15 is 0 Å². The Kier molecular flexibility index (Phi) is 14.6. The van der Waals surface area contributed by atoms with Gasteiger partial charge in [0.2, 0.25) is 11.8 Å². The van der Waals surface area contributed by atoms with E-state index in [0.717, 1.165) is 28.7 Å². The molecule has 0 bridgehead atoms. The molecule has 0 spiro atoms. The molecule has 0 aromatic heterocycles. The van der Waals surface area contributed by atoms with Crippen molar-refractivity contribution in [3.63, 3.8) is 0 Å². The van der Waals surface area contributed by atoms with Crippen LogP contribution in [-0.4, -0.2) is 73.2 Å². The van der Waals surface area contributed by atoms with Crippen LogP contribution in [0.25, 0.3) is 0 Å². The maximum absolute atomic E-state index is 13.2. The predicted molar refractivity (Wildman–Crippen MR) is 162 cm³/mol. The van der Waals surface area contributed by atoms with Gasteiger partial charge < -0.3 is 20.1 Å². The molecule has 0 saturated heterocycles. The molecule has 2 aromatic carbocycles. The Morgan fingerprint density at radius 3 is 2.44 bits per heavy atom. The summed E-state index contributed by atoms with van der Waals surface area (Å²) in [7, 11) is 1.66. The average Bonchev–Trinajstić information content (AvgIpc) is 2.96. The number of methoxy groups -OCH3 is 1. The summed E-state index contributed by atoms with van der Waals surface area (Å²) in [6.07, 6.45) is 8.47. The fraction of sp³-hybridized carbons (Fsp3) is 0.533. The Balaban J connectivity index is 1.54. The second-order valence-corrected chi connectivity index (χ2v) is 11.8. The van der Waals surface area contributed by atoms with Crippen LogP contribution in [0.15, 0.2) is 54.6 Å². The third kappa shape index (κ3) is 12.2. The summed E-state index contributed by atoms with van der Waals surface area (Å²) < 4.78 is 11.0. The SMILES string of the molecule is COCCN(CSC)CC(=O)N[C@@H](CSCC1CCCCC1)C(=O)NCc1ccc(Oc2ccccc2)cc1. The van der Waals surface area contributed by atoms with Crippen LogP contribution in [0.1, 0.15) is 37.7 Å². The molecule has 1 aliphatic carbocycles. The Morgan fingerprint density at radius 1 is 1.03 bits per heavy atom. The Labute approximate surface area is 242 Å². The summed E-state index contributed by atoms with van der Waals surface area (Å²) in [6.45, 7) is 1.85. The van der Waals surface area contributed by atoms with Crippen molar-refractivity contribution in [3.8, 4) is 11.5 Å². The fourth-order valence-corrected chi connectivity index (χ4v) is 6.40. The van der Waals surface area contributed by atoms with Gasteiger partial charge in [-0.1, -0.05) is 49.6 Å². The largest absolute Gasteiger partial charge is 0.457 e. The number of amides is 2. The molecule has 7 nitrogen and oxygen atoms in total. The number of para-hydroxylation sites is 1. The summed E-state index contributed by atoms with van der Waals surface area (Å²) in [5.74, 6) is 4.27. The quantitative estimate of drug-likeness (QED) is 0.253. The van der Waals surface area contributed by atoms with Crippen molar-refractivity contribution in [3.05, 3.63) is 60.2 Å². The van der Waals surface area contributed by atoms with Gasteiger partial charge in [-0.3, -0.25) is 14.5 Å². The van der Waals surface area contributed by atoms with E-state index < -0.39 is 6.04 Å². The minimum absolute atomic E-state index is 0.138. The molecule has 1 atom stereocenters. The van der Waals surface area contributed by atoms with Crippen LogP contribution < -0.4 is 15.4 Å². The van der Waals surface area contributed by atoms with Crippen molar-refractivity contribution in [2.24, 2.45) is 5.92 Å². The first-order valence-corrected chi connectivity index (χ1v) is 16.3. The molecule has 1 fully saturated rings. The Hall–Kier alpha value is -2.20. The topological polar surface area (TPSA) is 79.9 Å². The highest BCUT2D eigenvalue weighted by atomic mass is 32.2. The zero-order chi connectivity index (χ0) is 27.7. The second kappa shape index (κ2) is 18.2. The number of carbonyl (C=O) groups is 2. The van der Waals surface area contributed by atoms with E-state index in [0.29, 0.717) is 31.4 Å². The molecule has 3 rings (SSSR count). The van der Waals surface area contributed by atoms with E-state index in [-0.39, 0.29) is 18.4 Å². The molecular formula is C30H43N3O4S2. The highest BCUT2D eigenvalue weighted by Crippen LogP contribution is 2.27. The summed E-state index contributed by atoms with van der Waals surface area (Å²) in [5.41, 5.74) is 0.967. The normalized spacial score (nSPS) is 14.6. The van der Waals surface area contributed by atoms with Crippen molar-refractivity contribution in [2.75, 3.05) is 50.4 Å². The van der Waals surface area contributed by atoms with Crippen LogP contribution in [0.4, 0.5) is 0 Å². The molecule has 9 heteroatoms. The van der Waals surface area contributed by atoms with Gasteiger partial charge in [0, 0.05) is 31.8 Å². The maximum Gasteiger partial charge on any atom is 0.243 e. The predicted octanol–water partition coefficient (Wildman–Crippen LogP) is 5.16. The molecule has 0 unspecified atom stereocenters. The van der Waals surface area contributed by atoms with Crippen LogP contribution in [-0.2, 0) is 20.9 Å². The first-order chi connectivity index (χ1) is 19.1. The first-order valence-electron chi connectivity index (χ1n) is 13.7. The average molecular weight is 574 g/mol. The second-order valence-electron chi connectivity index (χ2n) is 9.90. The highest BCUT2D eigenvalue weighted by molar-refractivity contribution is 7.99.